The zero-order chi connectivity index (χ0) is 21.8. The third-order valence-corrected chi connectivity index (χ3v) is 5.58. The lowest BCUT2D eigenvalue weighted by molar-refractivity contribution is -0.113. The molecule has 7 nitrogen and oxygen atoms in total. The number of carboxylic acid groups (broad SMARTS) is 1. The average Bonchev–Trinajstić information content (AvgIpc) is 3.01. The first-order chi connectivity index (χ1) is 14.4. The number of thiocarbonyl (C=S) groups is 1. The van der Waals surface area contributed by atoms with E-state index in [1.807, 2.05) is 6.92 Å². The molecule has 0 spiro atoms. The highest BCUT2D eigenvalue weighted by Gasteiger charge is 2.34. The molecule has 2 aromatic carbocycles. The summed E-state index contributed by atoms with van der Waals surface area (Å²) < 4.78 is 16.2. The van der Waals surface area contributed by atoms with Gasteiger partial charge in [0.25, 0.3) is 5.91 Å². The monoisotopic (exact) mass is 445 g/mol. The number of thioether (sulfide) groups is 1. The number of amides is 1. The lowest BCUT2D eigenvalue weighted by Crippen LogP contribution is -2.27. The summed E-state index contributed by atoms with van der Waals surface area (Å²) in [5, 5.41) is 9.68. The van der Waals surface area contributed by atoms with Crippen molar-refractivity contribution in [2.24, 2.45) is 0 Å². The van der Waals surface area contributed by atoms with E-state index < -0.39 is 5.97 Å². The number of methoxy groups -OCH3 is 2. The Balaban J connectivity index is 1.99. The molecule has 0 bridgehead atoms. The van der Waals surface area contributed by atoms with Crippen LogP contribution >= 0.6 is 24.0 Å². The molecule has 9 heteroatoms. The third kappa shape index (κ3) is 4.12. The first-order valence-corrected chi connectivity index (χ1v) is 10.1. The van der Waals surface area contributed by atoms with Crippen LogP contribution in [0.15, 0.2) is 41.3 Å². The van der Waals surface area contributed by atoms with Gasteiger partial charge in [-0.15, -0.1) is 0 Å². The van der Waals surface area contributed by atoms with Crippen LogP contribution in [0.25, 0.3) is 6.08 Å². The van der Waals surface area contributed by atoms with E-state index in [1.54, 1.807) is 36.4 Å². The van der Waals surface area contributed by atoms with Gasteiger partial charge in [-0.1, -0.05) is 30.0 Å². The van der Waals surface area contributed by atoms with Crippen LogP contribution in [0.1, 0.15) is 22.8 Å². The molecule has 1 aliphatic heterocycles. The first kappa shape index (κ1) is 21.7. The standard InChI is InChI=1S/C21H19NO6S2/c1-4-28-14-8-6-13(7-9-14)22-19(23)16(30-21(22)29)11-12-5-10-15(26-2)18(27-3)17(12)20(24)25/h5-11H,4H2,1-3H3,(H,24,25)/b16-11+. The summed E-state index contributed by atoms with van der Waals surface area (Å²) in [5.74, 6) is -0.465. The van der Waals surface area contributed by atoms with Gasteiger partial charge < -0.3 is 19.3 Å². The van der Waals surface area contributed by atoms with Crippen LogP contribution in [0.2, 0.25) is 0 Å². The van der Waals surface area contributed by atoms with Crippen molar-refractivity contribution in [1.29, 1.82) is 0 Å². The van der Waals surface area contributed by atoms with Gasteiger partial charge in [-0.25, -0.2) is 4.79 Å². The SMILES string of the molecule is CCOc1ccc(N2C(=O)/C(=C\c3ccc(OC)c(OC)c3C(=O)O)SC2=S)cc1. The molecule has 3 rings (SSSR count). The summed E-state index contributed by atoms with van der Waals surface area (Å²) in [7, 11) is 2.78. The molecule has 0 radical (unpaired) electrons. The Morgan fingerprint density at radius 1 is 1.17 bits per heavy atom. The van der Waals surface area contributed by atoms with Crippen molar-refractivity contribution in [1.82, 2.24) is 0 Å². The minimum absolute atomic E-state index is 0.0840. The van der Waals surface area contributed by atoms with Crippen LogP contribution in [-0.2, 0) is 4.79 Å². The van der Waals surface area contributed by atoms with Crippen LogP contribution in [0.5, 0.6) is 17.2 Å². The van der Waals surface area contributed by atoms with E-state index in [4.69, 9.17) is 26.4 Å². The van der Waals surface area contributed by atoms with Gasteiger partial charge in [-0.2, -0.15) is 0 Å². The van der Waals surface area contributed by atoms with E-state index in [0.717, 1.165) is 11.8 Å². The van der Waals surface area contributed by atoms with Crippen LogP contribution in [0.4, 0.5) is 5.69 Å². The van der Waals surface area contributed by atoms with Crippen LogP contribution in [-0.4, -0.2) is 42.1 Å². The van der Waals surface area contributed by atoms with Gasteiger partial charge in [-0.3, -0.25) is 9.69 Å². The van der Waals surface area contributed by atoms with Gasteiger partial charge in [0.05, 0.1) is 31.4 Å². The van der Waals surface area contributed by atoms with Crippen LogP contribution in [0, 0.1) is 0 Å². The summed E-state index contributed by atoms with van der Waals surface area (Å²) in [6.45, 7) is 2.43. The Bertz CT molecular complexity index is 1030. The van der Waals surface area contributed by atoms with Crippen LogP contribution in [0.3, 0.4) is 0 Å². The van der Waals surface area contributed by atoms with Crippen molar-refractivity contribution in [2.75, 3.05) is 25.7 Å². The maximum Gasteiger partial charge on any atom is 0.340 e. The van der Waals surface area contributed by atoms with E-state index in [1.165, 1.54) is 25.2 Å². The molecule has 0 aromatic heterocycles. The van der Waals surface area contributed by atoms with Gasteiger partial charge in [0.15, 0.2) is 15.8 Å². The van der Waals surface area contributed by atoms with Crippen molar-refractivity contribution in [3.05, 3.63) is 52.4 Å². The predicted molar refractivity (Wildman–Crippen MR) is 120 cm³/mol. The molecule has 1 fully saturated rings. The van der Waals surface area contributed by atoms with E-state index in [9.17, 15) is 14.7 Å². The molecule has 0 aliphatic carbocycles. The molecule has 1 saturated heterocycles. The van der Waals surface area contributed by atoms with Gasteiger partial charge in [0.1, 0.15) is 11.3 Å². The summed E-state index contributed by atoms with van der Waals surface area (Å²) in [5.41, 5.74) is 0.825. The second-order valence-electron chi connectivity index (χ2n) is 6.01. The summed E-state index contributed by atoms with van der Waals surface area (Å²) >= 11 is 6.49. The molecule has 1 aliphatic rings. The summed E-state index contributed by atoms with van der Waals surface area (Å²) in [6, 6.07) is 10.2. The highest BCUT2D eigenvalue weighted by molar-refractivity contribution is 8.27. The van der Waals surface area contributed by atoms with Crippen molar-refractivity contribution in [3.8, 4) is 17.2 Å². The maximum absolute atomic E-state index is 13.0. The van der Waals surface area contributed by atoms with Gasteiger partial charge in [-0.05, 0) is 48.9 Å². The Hall–Kier alpha value is -3.04. The van der Waals surface area contributed by atoms with Crippen molar-refractivity contribution >= 4 is 51.9 Å². The van der Waals surface area contributed by atoms with Gasteiger partial charge in [0, 0.05) is 0 Å². The Morgan fingerprint density at radius 2 is 1.87 bits per heavy atom. The first-order valence-electron chi connectivity index (χ1n) is 8.90. The lowest BCUT2D eigenvalue weighted by atomic mass is 10.0. The Labute approximate surface area is 183 Å². The number of hydrogen-bond donors (Lipinski definition) is 1. The molecule has 30 heavy (non-hydrogen) atoms. The third-order valence-electron chi connectivity index (χ3n) is 4.28. The summed E-state index contributed by atoms with van der Waals surface area (Å²) in [4.78, 5) is 26.6. The fraction of sp³-hybridized carbons (Fsp3) is 0.190. The van der Waals surface area contributed by atoms with Crippen molar-refractivity contribution in [3.63, 3.8) is 0 Å². The number of carbonyl (C=O) groups excluding carboxylic acids is 1. The van der Waals surface area contributed by atoms with E-state index in [2.05, 4.69) is 0 Å². The fourth-order valence-electron chi connectivity index (χ4n) is 2.97. The number of anilines is 1. The number of rotatable bonds is 7. The fourth-order valence-corrected chi connectivity index (χ4v) is 4.26. The number of ether oxygens (including phenoxy) is 3. The molecule has 0 atom stereocenters. The topological polar surface area (TPSA) is 85.3 Å². The second kappa shape index (κ2) is 9.19. The molecular weight excluding hydrogens is 426 g/mol. The Kier molecular flexibility index (Phi) is 6.63. The smallest absolute Gasteiger partial charge is 0.340 e. The molecule has 2 aromatic rings. The van der Waals surface area contributed by atoms with E-state index in [-0.39, 0.29) is 23.0 Å². The maximum atomic E-state index is 13.0. The number of carboxylic acids is 1. The van der Waals surface area contributed by atoms with Gasteiger partial charge in [0.2, 0.25) is 0 Å². The number of nitrogens with zero attached hydrogens (tertiary/aromatic N) is 1. The number of aromatic carboxylic acids is 1. The molecule has 1 heterocycles. The minimum atomic E-state index is -1.20. The second-order valence-corrected chi connectivity index (χ2v) is 7.69. The molecule has 1 N–H and O–H groups in total. The predicted octanol–water partition coefficient (Wildman–Crippen LogP) is 4.21. The molecule has 0 unspecified atom stereocenters. The molecular formula is C21H19NO6S2. The summed E-state index contributed by atoms with van der Waals surface area (Å²) in [6.07, 6.45) is 1.50. The zero-order valence-electron chi connectivity index (χ0n) is 16.5. The zero-order valence-corrected chi connectivity index (χ0v) is 18.1. The van der Waals surface area contributed by atoms with Crippen LogP contribution < -0.4 is 19.1 Å². The minimum Gasteiger partial charge on any atom is -0.494 e. The van der Waals surface area contributed by atoms with Crippen molar-refractivity contribution < 1.29 is 28.9 Å². The largest absolute Gasteiger partial charge is 0.494 e. The molecule has 156 valence electrons. The quantitative estimate of drug-likeness (QED) is 0.501. The molecule has 0 saturated carbocycles. The normalized spacial score (nSPS) is 14.9. The number of benzene rings is 2. The van der Waals surface area contributed by atoms with Gasteiger partial charge >= 0.3 is 5.97 Å². The highest BCUT2D eigenvalue weighted by Crippen LogP contribution is 2.39. The highest BCUT2D eigenvalue weighted by atomic mass is 32.2. The lowest BCUT2D eigenvalue weighted by Gasteiger charge is -2.15. The number of carbonyl (C=O) groups is 2. The van der Waals surface area contributed by atoms with Crippen molar-refractivity contribution in [2.45, 2.75) is 6.92 Å². The Morgan fingerprint density at radius 3 is 2.43 bits per heavy atom. The van der Waals surface area contributed by atoms with E-state index >= 15 is 0 Å². The average molecular weight is 446 g/mol. The number of hydrogen-bond acceptors (Lipinski definition) is 7. The van der Waals surface area contributed by atoms with E-state index in [0.29, 0.717) is 32.8 Å². The molecule has 1 amide bonds.